The van der Waals surface area contributed by atoms with Crippen molar-refractivity contribution in [3.05, 3.63) is 0 Å². The molecule has 2 atom stereocenters. The summed E-state index contributed by atoms with van der Waals surface area (Å²) >= 11 is 2.11. The monoisotopic (exact) mass is 270 g/mol. The van der Waals surface area contributed by atoms with Crippen molar-refractivity contribution in [2.24, 2.45) is 11.3 Å². The average molecular weight is 270 g/mol. The summed E-state index contributed by atoms with van der Waals surface area (Å²) in [6.45, 7) is 12.3. The highest BCUT2D eigenvalue weighted by molar-refractivity contribution is 7.99. The van der Waals surface area contributed by atoms with Crippen LogP contribution in [0.4, 0.5) is 0 Å². The van der Waals surface area contributed by atoms with Crippen LogP contribution in [0.3, 0.4) is 0 Å². The lowest BCUT2D eigenvalue weighted by Gasteiger charge is -2.35. The van der Waals surface area contributed by atoms with E-state index < -0.39 is 0 Å². The lowest BCUT2D eigenvalue weighted by atomic mass is 9.84. The van der Waals surface area contributed by atoms with Crippen LogP contribution < -0.4 is 5.32 Å². The Kier molecular flexibility index (Phi) is 5.40. The third-order valence-electron chi connectivity index (χ3n) is 4.68. The quantitative estimate of drug-likeness (QED) is 0.827. The van der Waals surface area contributed by atoms with Crippen molar-refractivity contribution in [2.45, 2.75) is 46.1 Å². The molecule has 0 aromatic carbocycles. The van der Waals surface area contributed by atoms with E-state index in [1.807, 2.05) is 0 Å². The minimum Gasteiger partial charge on any atom is -0.313 e. The molecule has 1 aliphatic carbocycles. The lowest BCUT2D eigenvalue weighted by Crippen LogP contribution is -2.47. The maximum Gasteiger partial charge on any atom is 0.0159 e. The number of hydrogen-bond acceptors (Lipinski definition) is 3. The fraction of sp³-hybridized carbons (Fsp3) is 1.00. The van der Waals surface area contributed by atoms with Crippen molar-refractivity contribution in [1.29, 1.82) is 0 Å². The fourth-order valence-electron chi connectivity index (χ4n) is 3.57. The topological polar surface area (TPSA) is 15.3 Å². The summed E-state index contributed by atoms with van der Waals surface area (Å²) in [6, 6.07) is 0.729. The average Bonchev–Trinajstić information content (AvgIpc) is 2.64. The Balaban J connectivity index is 1.89. The lowest BCUT2D eigenvalue weighted by molar-refractivity contribution is 0.193. The third kappa shape index (κ3) is 3.64. The Hall–Kier alpha value is 0.270. The van der Waals surface area contributed by atoms with Gasteiger partial charge in [0.25, 0.3) is 0 Å². The number of nitrogens with one attached hydrogen (secondary N) is 1. The smallest absolute Gasteiger partial charge is 0.0159 e. The summed E-state index contributed by atoms with van der Waals surface area (Å²) in [4.78, 5) is 2.70. The van der Waals surface area contributed by atoms with Gasteiger partial charge in [-0.2, -0.15) is 11.8 Å². The van der Waals surface area contributed by atoms with Gasteiger partial charge in [-0.15, -0.1) is 0 Å². The highest BCUT2D eigenvalue weighted by Crippen LogP contribution is 2.41. The fourth-order valence-corrected chi connectivity index (χ4v) is 4.55. The van der Waals surface area contributed by atoms with Crippen molar-refractivity contribution in [3.8, 4) is 0 Å². The summed E-state index contributed by atoms with van der Waals surface area (Å²) in [5, 5.41) is 3.83. The molecule has 106 valence electrons. The first-order valence-corrected chi connectivity index (χ1v) is 8.82. The van der Waals surface area contributed by atoms with Gasteiger partial charge in [0.15, 0.2) is 0 Å². The summed E-state index contributed by atoms with van der Waals surface area (Å²) in [5.74, 6) is 3.54. The minimum absolute atomic E-state index is 0.490. The van der Waals surface area contributed by atoms with Gasteiger partial charge in [0.2, 0.25) is 0 Å². The Morgan fingerprint density at radius 3 is 2.67 bits per heavy atom. The highest BCUT2D eigenvalue weighted by atomic mass is 32.2. The maximum atomic E-state index is 3.83. The van der Waals surface area contributed by atoms with E-state index in [1.54, 1.807) is 0 Å². The second-order valence-electron chi connectivity index (χ2n) is 6.63. The summed E-state index contributed by atoms with van der Waals surface area (Å²) in [5.41, 5.74) is 0.490. The predicted octanol–water partition coefficient (Wildman–Crippen LogP) is 2.84. The minimum atomic E-state index is 0.490. The van der Waals surface area contributed by atoms with Gasteiger partial charge in [-0.3, -0.25) is 0 Å². The van der Waals surface area contributed by atoms with Crippen LogP contribution in [0.5, 0.6) is 0 Å². The Bertz CT molecular complexity index is 249. The molecule has 0 radical (unpaired) electrons. The van der Waals surface area contributed by atoms with Gasteiger partial charge < -0.3 is 10.2 Å². The molecule has 2 fully saturated rings. The molecule has 1 saturated heterocycles. The zero-order valence-electron chi connectivity index (χ0n) is 12.4. The Morgan fingerprint density at radius 1 is 1.28 bits per heavy atom. The van der Waals surface area contributed by atoms with E-state index in [-0.39, 0.29) is 0 Å². The SMILES string of the molecule is CCCNC1C(CN2CCSCC2)CCC1(C)C. The molecule has 0 aromatic rings. The molecular formula is C15H30N2S. The predicted molar refractivity (Wildman–Crippen MR) is 82.4 cm³/mol. The Morgan fingerprint density at radius 2 is 2.00 bits per heavy atom. The van der Waals surface area contributed by atoms with Gasteiger partial charge in [0, 0.05) is 37.2 Å². The molecule has 2 rings (SSSR count). The van der Waals surface area contributed by atoms with E-state index >= 15 is 0 Å². The first kappa shape index (κ1) is 14.7. The van der Waals surface area contributed by atoms with E-state index in [1.165, 1.54) is 56.9 Å². The second-order valence-corrected chi connectivity index (χ2v) is 7.86. The van der Waals surface area contributed by atoms with Gasteiger partial charge in [0.05, 0.1) is 0 Å². The summed E-state index contributed by atoms with van der Waals surface area (Å²) in [7, 11) is 0. The van der Waals surface area contributed by atoms with Gasteiger partial charge in [-0.25, -0.2) is 0 Å². The van der Waals surface area contributed by atoms with Crippen LogP contribution in [0.25, 0.3) is 0 Å². The second kappa shape index (κ2) is 6.62. The van der Waals surface area contributed by atoms with E-state index in [0.717, 1.165) is 12.0 Å². The van der Waals surface area contributed by atoms with Crippen LogP contribution in [0, 0.1) is 11.3 Å². The van der Waals surface area contributed by atoms with Crippen LogP contribution in [0.2, 0.25) is 0 Å². The van der Waals surface area contributed by atoms with Gasteiger partial charge in [0.1, 0.15) is 0 Å². The molecule has 1 saturated carbocycles. The molecule has 1 N–H and O–H groups in total. The number of rotatable bonds is 5. The first-order chi connectivity index (χ1) is 8.63. The molecular weight excluding hydrogens is 240 g/mol. The maximum absolute atomic E-state index is 3.83. The molecule has 2 aliphatic rings. The summed E-state index contributed by atoms with van der Waals surface area (Å²) < 4.78 is 0. The van der Waals surface area contributed by atoms with Crippen molar-refractivity contribution >= 4 is 11.8 Å². The highest BCUT2D eigenvalue weighted by Gasteiger charge is 2.41. The standard InChI is InChI=1S/C15H30N2S/c1-4-7-16-14-13(5-6-15(14,2)3)12-17-8-10-18-11-9-17/h13-14,16H,4-12H2,1-3H3. The molecule has 2 nitrogen and oxygen atoms in total. The van der Waals surface area contributed by atoms with Crippen LogP contribution in [0.1, 0.15) is 40.0 Å². The van der Waals surface area contributed by atoms with Crippen LogP contribution in [0.15, 0.2) is 0 Å². The molecule has 0 aromatic heterocycles. The van der Waals surface area contributed by atoms with Crippen molar-refractivity contribution in [3.63, 3.8) is 0 Å². The van der Waals surface area contributed by atoms with Crippen LogP contribution >= 0.6 is 11.8 Å². The molecule has 1 heterocycles. The zero-order valence-corrected chi connectivity index (χ0v) is 13.2. The molecule has 0 spiro atoms. The van der Waals surface area contributed by atoms with Crippen LogP contribution in [-0.2, 0) is 0 Å². The number of thioether (sulfide) groups is 1. The third-order valence-corrected chi connectivity index (χ3v) is 5.63. The molecule has 1 aliphatic heterocycles. The van der Waals surface area contributed by atoms with E-state index in [2.05, 4.69) is 42.7 Å². The van der Waals surface area contributed by atoms with Gasteiger partial charge in [-0.05, 0) is 37.1 Å². The number of hydrogen-bond donors (Lipinski definition) is 1. The first-order valence-electron chi connectivity index (χ1n) is 7.67. The number of nitrogens with zero attached hydrogens (tertiary/aromatic N) is 1. The molecule has 0 amide bonds. The van der Waals surface area contributed by atoms with Gasteiger partial charge in [-0.1, -0.05) is 20.8 Å². The zero-order chi connectivity index (χ0) is 13.0. The van der Waals surface area contributed by atoms with Crippen LogP contribution in [-0.4, -0.2) is 48.6 Å². The summed E-state index contributed by atoms with van der Waals surface area (Å²) in [6.07, 6.45) is 4.05. The van der Waals surface area contributed by atoms with E-state index in [0.29, 0.717) is 5.41 Å². The van der Waals surface area contributed by atoms with E-state index in [9.17, 15) is 0 Å². The molecule has 0 bridgehead atoms. The van der Waals surface area contributed by atoms with Crippen molar-refractivity contribution < 1.29 is 0 Å². The van der Waals surface area contributed by atoms with Gasteiger partial charge >= 0.3 is 0 Å². The molecule has 3 heteroatoms. The Labute approximate surface area is 117 Å². The van der Waals surface area contributed by atoms with E-state index in [4.69, 9.17) is 0 Å². The molecule has 2 unspecified atom stereocenters. The molecule has 18 heavy (non-hydrogen) atoms. The van der Waals surface area contributed by atoms with Crippen molar-refractivity contribution in [1.82, 2.24) is 10.2 Å². The van der Waals surface area contributed by atoms with Crippen molar-refractivity contribution in [2.75, 3.05) is 37.7 Å². The largest absolute Gasteiger partial charge is 0.313 e. The normalized spacial score (nSPS) is 32.8.